The van der Waals surface area contributed by atoms with Crippen molar-refractivity contribution in [3.8, 4) is 0 Å². The molecule has 2 atom stereocenters. The number of hydrogen-bond acceptors (Lipinski definition) is 3. The quantitative estimate of drug-likeness (QED) is 0.838. The third-order valence-electron chi connectivity index (χ3n) is 3.66. The van der Waals surface area contributed by atoms with Crippen molar-refractivity contribution >= 4 is 17.3 Å². The highest BCUT2D eigenvalue weighted by Gasteiger charge is 2.58. The van der Waals surface area contributed by atoms with E-state index in [0.717, 1.165) is 12.1 Å². The lowest BCUT2D eigenvalue weighted by atomic mass is 9.97. The standard InChI is InChI=1S/C12H12ClF2NO2/c13-7-3-8(14)11(9(15)4-7)16-2-1-12(6-17)10(5-16)18-12/h3-4,10,17H,1-2,5-6H2/t10-,12-/m1/s1. The van der Waals surface area contributed by atoms with E-state index in [4.69, 9.17) is 16.3 Å². The van der Waals surface area contributed by atoms with Crippen LogP contribution in [0.3, 0.4) is 0 Å². The summed E-state index contributed by atoms with van der Waals surface area (Å²) >= 11 is 5.59. The molecule has 2 heterocycles. The van der Waals surface area contributed by atoms with Crippen molar-refractivity contribution in [2.45, 2.75) is 18.1 Å². The van der Waals surface area contributed by atoms with E-state index in [1.54, 1.807) is 4.90 Å². The number of piperidine rings is 1. The Morgan fingerprint density at radius 2 is 2.11 bits per heavy atom. The number of aliphatic hydroxyl groups is 1. The lowest BCUT2D eigenvalue weighted by molar-refractivity contribution is 0.166. The number of halogens is 3. The molecule has 3 nitrogen and oxygen atoms in total. The number of aliphatic hydroxyl groups excluding tert-OH is 1. The van der Waals surface area contributed by atoms with Crippen molar-refractivity contribution in [3.05, 3.63) is 28.8 Å². The maximum Gasteiger partial charge on any atom is 0.151 e. The molecule has 0 unspecified atom stereocenters. The second-order valence-corrected chi connectivity index (χ2v) is 5.18. The minimum atomic E-state index is -0.669. The molecule has 0 spiro atoms. The van der Waals surface area contributed by atoms with Gasteiger partial charge in [0.1, 0.15) is 17.4 Å². The molecule has 0 aliphatic carbocycles. The smallest absolute Gasteiger partial charge is 0.151 e. The van der Waals surface area contributed by atoms with Gasteiger partial charge in [0.25, 0.3) is 0 Å². The number of epoxide rings is 1. The number of benzene rings is 1. The average molecular weight is 276 g/mol. The van der Waals surface area contributed by atoms with Crippen LogP contribution in [0.4, 0.5) is 14.5 Å². The predicted molar refractivity (Wildman–Crippen MR) is 62.9 cm³/mol. The lowest BCUT2D eigenvalue weighted by Gasteiger charge is -2.30. The normalized spacial score (nSPS) is 30.2. The fourth-order valence-corrected chi connectivity index (χ4v) is 2.74. The number of nitrogens with zero attached hydrogens (tertiary/aromatic N) is 1. The first-order valence-electron chi connectivity index (χ1n) is 5.74. The number of hydrogen-bond donors (Lipinski definition) is 1. The number of ether oxygens (including phenoxy) is 1. The van der Waals surface area contributed by atoms with Crippen molar-refractivity contribution in [3.63, 3.8) is 0 Å². The van der Waals surface area contributed by atoms with Crippen molar-refractivity contribution in [2.75, 3.05) is 24.6 Å². The van der Waals surface area contributed by atoms with E-state index < -0.39 is 17.2 Å². The molecule has 0 radical (unpaired) electrons. The Balaban J connectivity index is 1.85. The van der Waals surface area contributed by atoms with E-state index in [0.29, 0.717) is 19.5 Å². The molecule has 2 saturated heterocycles. The summed E-state index contributed by atoms with van der Waals surface area (Å²) in [6.07, 6.45) is 0.418. The van der Waals surface area contributed by atoms with Crippen molar-refractivity contribution in [1.82, 2.24) is 0 Å². The lowest BCUT2D eigenvalue weighted by Crippen LogP contribution is -2.41. The Morgan fingerprint density at radius 3 is 2.67 bits per heavy atom. The van der Waals surface area contributed by atoms with Crippen molar-refractivity contribution < 1.29 is 18.6 Å². The zero-order valence-corrected chi connectivity index (χ0v) is 10.3. The molecule has 0 saturated carbocycles. The van der Waals surface area contributed by atoms with Gasteiger partial charge in [-0.25, -0.2) is 8.78 Å². The van der Waals surface area contributed by atoms with Crippen molar-refractivity contribution in [2.24, 2.45) is 0 Å². The van der Waals surface area contributed by atoms with Gasteiger partial charge in [0.05, 0.1) is 6.61 Å². The minimum Gasteiger partial charge on any atom is -0.393 e. The maximum absolute atomic E-state index is 13.8. The van der Waals surface area contributed by atoms with E-state index in [-0.39, 0.29) is 23.4 Å². The fourth-order valence-electron chi connectivity index (χ4n) is 2.55. The summed E-state index contributed by atoms with van der Waals surface area (Å²) in [7, 11) is 0. The van der Waals surface area contributed by atoms with E-state index >= 15 is 0 Å². The van der Waals surface area contributed by atoms with E-state index in [1.807, 2.05) is 0 Å². The molecule has 2 fully saturated rings. The molecule has 6 heteroatoms. The van der Waals surface area contributed by atoms with Gasteiger partial charge in [-0.15, -0.1) is 0 Å². The third-order valence-corrected chi connectivity index (χ3v) is 3.88. The van der Waals surface area contributed by atoms with Crippen LogP contribution >= 0.6 is 11.6 Å². The van der Waals surface area contributed by atoms with Crippen LogP contribution in [0.1, 0.15) is 6.42 Å². The SMILES string of the molecule is OC[C@]12CCN(c3c(F)cc(Cl)cc3F)C[C@H]1O2. The minimum absolute atomic E-state index is 0.0399. The highest BCUT2D eigenvalue weighted by atomic mass is 35.5. The van der Waals surface area contributed by atoms with Gasteiger partial charge in [-0.2, -0.15) is 0 Å². The summed E-state index contributed by atoms with van der Waals surface area (Å²) in [6, 6.07) is 2.20. The van der Waals surface area contributed by atoms with Gasteiger partial charge in [0, 0.05) is 18.1 Å². The van der Waals surface area contributed by atoms with Gasteiger partial charge in [0.2, 0.25) is 0 Å². The summed E-state index contributed by atoms with van der Waals surface area (Å²) in [6.45, 7) is 0.791. The Kier molecular flexibility index (Phi) is 2.73. The molecule has 2 aliphatic heterocycles. The molecule has 0 aromatic heterocycles. The maximum atomic E-state index is 13.8. The van der Waals surface area contributed by atoms with Crippen LogP contribution in [0.25, 0.3) is 0 Å². The summed E-state index contributed by atoms with van der Waals surface area (Å²) < 4.78 is 32.9. The Labute approximate surface area is 108 Å². The van der Waals surface area contributed by atoms with Crippen LogP contribution in [-0.2, 0) is 4.74 Å². The first-order valence-corrected chi connectivity index (χ1v) is 6.12. The average Bonchev–Trinajstić information content (AvgIpc) is 3.02. The Bertz CT molecular complexity index is 476. The predicted octanol–water partition coefficient (Wildman–Crippen LogP) is 1.96. The van der Waals surface area contributed by atoms with Crippen LogP contribution in [0.2, 0.25) is 5.02 Å². The summed E-state index contributed by atoms with van der Waals surface area (Å²) in [4.78, 5) is 1.60. The number of anilines is 1. The molecular formula is C12H12ClF2NO2. The topological polar surface area (TPSA) is 36.0 Å². The molecule has 0 bridgehead atoms. The summed E-state index contributed by atoms with van der Waals surface area (Å²) in [5.74, 6) is -1.34. The highest BCUT2D eigenvalue weighted by molar-refractivity contribution is 6.30. The van der Waals surface area contributed by atoms with E-state index in [9.17, 15) is 13.9 Å². The zero-order chi connectivity index (χ0) is 12.9. The van der Waals surface area contributed by atoms with Gasteiger partial charge >= 0.3 is 0 Å². The highest BCUT2D eigenvalue weighted by Crippen LogP contribution is 2.44. The molecular weight excluding hydrogens is 264 g/mol. The molecule has 3 rings (SSSR count). The monoisotopic (exact) mass is 275 g/mol. The molecule has 1 aromatic rings. The molecule has 1 aromatic carbocycles. The molecule has 98 valence electrons. The molecule has 1 N–H and O–H groups in total. The van der Waals surface area contributed by atoms with Gasteiger partial charge in [-0.3, -0.25) is 0 Å². The Hall–Kier alpha value is -0.910. The van der Waals surface area contributed by atoms with Crippen molar-refractivity contribution in [1.29, 1.82) is 0 Å². The second kappa shape index (κ2) is 4.05. The number of rotatable bonds is 2. The van der Waals surface area contributed by atoms with Gasteiger partial charge < -0.3 is 14.7 Å². The van der Waals surface area contributed by atoms with Gasteiger partial charge in [-0.1, -0.05) is 11.6 Å². The summed E-state index contributed by atoms with van der Waals surface area (Å²) in [5, 5.41) is 9.23. The largest absolute Gasteiger partial charge is 0.393 e. The molecule has 0 amide bonds. The van der Waals surface area contributed by atoms with Gasteiger partial charge in [0.15, 0.2) is 11.6 Å². The van der Waals surface area contributed by atoms with Crippen LogP contribution in [-0.4, -0.2) is 36.5 Å². The van der Waals surface area contributed by atoms with Crippen LogP contribution in [0.15, 0.2) is 12.1 Å². The van der Waals surface area contributed by atoms with Crippen LogP contribution < -0.4 is 4.90 Å². The third kappa shape index (κ3) is 1.77. The first kappa shape index (κ1) is 12.1. The van der Waals surface area contributed by atoms with E-state index in [2.05, 4.69) is 0 Å². The fraction of sp³-hybridized carbons (Fsp3) is 0.500. The van der Waals surface area contributed by atoms with Crippen LogP contribution in [0.5, 0.6) is 0 Å². The Morgan fingerprint density at radius 1 is 1.44 bits per heavy atom. The van der Waals surface area contributed by atoms with Crippen LogP contribution in [0, 0.1) is 11.6 Å². The van der Waals surface area contributed by atoms with E-state index in [1.165, 1.54) is 0 Å². The van der Waals surface area contributed by atoms with Gasteiger partial charge in [-0.05, 0) is 18.6 Å². The number of fused-ring (bicyclic) bond motifs is 1. The zero-order valence-electron chi connectivity index (χ0n) is 9.50. The first-order chi connectivity index (χ1) is 8.55. The second-order valence-electron chi connectivity index (χ2n) is 4.74. The molecule has 2 aliphatic rings. The summed E-state index contributed by atoms with van der Waals surface area (Å²) in [5.41, 5.74) is -0.544. The molecule has 18 heavy (non-hydrogen) atoms.